The number of carbonyl (C=O) groups excluding carboxylic acids is 4. The summed E-state index contributed by atoms with van der Waals surface area (Å²) in [5.74, 6) is -5.37. The summed E-state index contributed by atoms with van der Waals surface area (Å²) in [6.07, 6.45) is 1.28. The lowest BCUT2D eigenvalue weighted by atomic mass is 10.3. The quantitative estimate of drug-likeness (QED) is 0.343. The molecule has 10 heteroatoms. The summed E-state index contributed by atoms with van der Waals surface area (Å²) < 4.78 is 24.5. The second-order valence-electron chi connectivity index (χ2n) is 4.83. The average Bonchev–Trinajstić information content (AvgIpc) is 2.74. The van der Waals surface area contributed by atoms with Crippen molar-refractivity contribution in [3.63, 3.8) is 0 Å². The molecule has 5 amide bonds. The van der Waals surface area contributed by atoms with Crippen molar-refractivity contribution < 1.29 is 28.0 Å². The number of thioether (sulfide) groups is 1. The van der Waals surface area contributed by atoms with Crippen molar-refractivity contribution in [2.75, 3.05) is 18.4 Å². The third-order valence-electron chi connectivity index (χ3n) is 3.11. The topological polar surface area (TPSA) is 86.8 Å². The van der Waals surface area contributed by atoms with Crippen molar-refractivity contribution >= 4 is 41.2 Å². The van der Waals surface area contributed by atoms with Crippen LogP contribution in [-0.4, -0.2) is 52.4 Å². The Labute approximate surface area is 145 Å². The van der Waals surface area contributed by atoms with E-state index in [2.05, 4.69) is 11.9 Å². The molecule has 132 valence electrons. The van der Waals surface area contributed by atoms with Crippen LogP contribution >= 0.6 is 11.8 Å². The molecule has 2 rings (SSSR count). The zero-order chi connectivity index (χ0) is 18.6. The van der Waals surface area contributed by atoms with Gasteiger partial charge in [0, 0.05) is 17.1 Å². The van der Waals surface area contributed by atoms with E-state index in [-0.39, 0.29) is 6.54 Å². The zero-order valence-electron chi connectivity index (χ0n) is 12.8. The van der Waals surface area contributed by atoms with Gasteiger partial charge < -0.3 is 5.32 Å². The van der Waals surface area contributed by atoms with Gasteiger partial charge in [-0.3, -0.25) is 19.3 Å². The highest BCUT2D eigenvalue weighted by atomic mass is 32.2. The van der Waals surface area contributed by atoms with E-state index in [1.807, 2.05) is 0 Å². The standard InChI is InChI=1S/C15H13F2N3O4S/c1-2-7-19-12(22)13(23)20(15(19)24)8-11(21)18-9-3-5-10(6-4-9)25-14(16)17/h2-6,14H,1,7-8H2,(H,18,21). The summed E-state index contributed by atoms with van der Waals surface area (Å²) in [5.41, 5.74) is 0.303. The van der Waals surface area contributed by atoms with E-state index < -0.39 is 36.1 Å². The molecule has 0 unspecified atom stereocenters. The number of imide groups is 2. The average molecular weight is 369 g/mol. The molecule has 0 radical (unpaired) electrons. The van der Waals surface area contributed by atoms with Gasteiger partial charge in [-0.2, -0.15) is 8.78 Å². The van der Waals surface area contributed by atoms with E-state index in [1.165, 1.54) is 30.3 Å². The highest BCUT2D eigenvalue weighted by Crippen LogP contribution is 2.26. The summed E-state index contributed by atoms with van der Waals surface area (Å²) in [7, 11) is 0. The van der Waals surface area contributed by atoms with Gasteiger partial charge in [-0.15, -0.1) is 6.58 Å². The van der Waals surface area contributed by atoms with Crippen LogP contribution < -0.4 is 5.32 Å². The number of urea groups is 1. The smallest absolute Gasteiger partial charge is 0.325 e. The van der Waals surface area contributed by atoms with E-state index in [4.69, 9.17) is 0 Å². The van der Waals surface area contributed by atoms with Crippen LogP contribution in [0.4, 0.5) is 19.3 Å². The van der Waals surface area contributed by atoms with Crippen LogP contribution in [0.1, 0.15) is 0 Å². The van der Waals surface area contributed by atoms with Crippen molar-refractivity contribution in [1.29, 1.82) is 0 Å². The maximum atomic E-state index is 12.2. The summed E-state index contributed by atoms with van der Waals surface area (Å²) in [6.45, 7) is 2.61. The second kappa shape index (κ2) is 7.88. The highest BCUT2D eigenvalue weighted by Gasteiger charge is 2.44. The first-order valence-electron chi connectivity index (χ1n) is 6.96. The van der Waals surface area contributed by atoms with Crippen LogP contribution in [0.5, 0.6) is 0 Å². The molecular formula is C15H13F2N3O4S. The summed E-state index contributed by atoms with van der Waals surface area (Å²) in [6, 6.07) is 4.72. The first kappa shape index (κ1) is 18.6. The van der Waals surface area contributed by atoms with Gasteiger partial charge in [0.1, 0.15) is 6.54 Å². The molecule has 0 spiro atoms. The van der Waals surface area contributed by atoms with Gasteiger partial charge in [-0.25, -0.2) is 9.69 Å². The fourth-order valence-electron chi connectivity index (χ4n) is 2.04. The van der Waals surface area contributed by atoms with Crippen molar-refractivity contribution in [2.45, 2.75) is 10.7 Å². The molecule has 1 saturated heterocycles. The number of hydrogen-bond donors (Lipinski definition) is 1. The maximum Gasteiger partial charge on any atom is 0.335 e. The summed E-state index contributed by atoms with van der Waals surface area (Å²) in [5, 5.41) is 2.42. The molecule has 1 heterocycles. The molecule has 1 N–H and O–H groups in total. The van der Waals surface area contributed by atoms with Crippen molar-refractivity contribution in [1.82, 2.24) is 9.80 Å². The fraction of sp³-hybridized carbons (Fsp3) is 0.200. The van der Waals surface area contributed by atoms with Gasteiger partial charge in [0.15, 0.2) is 0 Å². The summed E-state index contributed by atoms with van der Waals surface area (Å²) in [4.78, 5) is 48.9. The van der Waals surface area contributed by atoms with Crippen LogP contribution in [-0.2, 0) is 14.4 Å². The predicted molar refractivity (Wildman–Crippen MR) is 86.0 cm³/mol. The van der Waals surface area contributed by atoms with E-state index >= 15 is 0 Å². The molecule has 0 bridgehead atoms. The predicted octanol–water partition coefficient (Wildman–Crippen LogP) is 1.92. The van der Waals surface area contributed by atoms with Crippen LogP contribution in [0, 0.1) is 0 Å². The number of nitrogens with one attached hydrogen (secondary N) is 1. The van der Waals surface area contributed by atoms with Gasteiger partial charge in [0.2, 0.25) is 5.91 Å². The number of carbonyl (C=O) groups is 4. The molecule has 1 aliphatic rings. The Balaban J connectivity index is 1.98. The lowest BCUT2D eigenvalue weighted by Gasteiger charge is -2.14. The number of hydrogen-bond acceptors (Lipinski definition) is 5. The number of alkyl halides is 2. The molecule has 1 fully saturated rings. The van der Waals surface area contributed by atoms with E-state index in [9.17, 15) is 28.0 Å². The number of anilines is 1. The second-order valence-corrected chi connectivity index (χ2v) is 5.89. The van der Waals surface area contributed by atoms with Crippen LogP contribution in [0.15, 0.2) is 41.8 Å². The molecule has 0 atom stereocenters. The van der Waals surface area contributed by atoms with Crippen molar-refractivity contribution in [3.8, 4) is 0 Å². The van der Waals surface area contributed by atoms with Gasteiger partial charge in [-0.05, 0) is 24.3 Å². The van der Waals surface area contributed by atoms with Gasteiger partial charge in [0.05, 0.1) is 0 Å². The highest BCUT2D eigenvalue weighted by molar-refractivity contribution is 7.99. The van der Waals surface area contributed by atoms with E-state index in [0.29, 0.717) is 32.1 Å². The zero-order valence-corrected chi connectivity index (χ0v) is 13.6. The Morgan fingerprint density at radius 2 is 1.76 bits per heavy atom. The summed E-state index contributed by atoms with van der Waals surface area (Å²) >= 11 is 0.363. The molecule has 0 aliphatic carbocycles. The van der Waals surface area contributed by atoms with Crippen LogP contribution in [0.25, 0.3) is 0 Å². The Morgan fingerprint density at radius 3 is 2.32 bits per heavy atom. The molecule has 1 aromatic carbocycles. The fourth-order valence-corrected chi connectivity index (χ4v) is 2.54. The number of rotatable bonds is 7. The monoisotopic (exact) mass is 369 g/mol. The normalized spacial score (nSPS) is 14.4. The third-order valence-corrected chi connectivity index (χ3v) is 3.83. The molecular weight excluding hydrogens is 356 g/mol. The first-order valence-corrected chi connectivity index (χ1v) is 7.84. The van der Waals surface area contributed by atoms with Gasteiger partial charge >= 0.3 is 17.8 Å². The largest absolute Gasteiger partial charge is 0.335 e. The minimum Gasteiger partial charge on any atom is -0.325 e. The molecule has 7 nitrogen and oxygen atoms in total. The lowest BCUT2D eigenvalue weighted by Crippen LogP contribution is -2.39. The number of benzene rings is 1. The van der Waals surface area contributed by atoms with Crippen LogP contribution in [0.2, 0.25) is 0 Å². The molecule has 0 aromatic heterocycles. The van der Waals surface area contributed by atoms with E-state index in [0.717, 1.165) is 0 Å². The first-order chi connectivity index (χ1) is 11.8. The Kier molecular flexibility index (Phi) is 5.86. The maximum absolute atomic E-state index is 12.2. The molecule has 25 heavy (non-hydrogen) atoms. The molecule has 1 aliphatic heterocycles. The van der Waals surface area contributed by atoms with E-state index in [1.54, 1.807) is 0 Å². The van der Waals surface area contributed by atoms with Gasteiger partial charge in [-0.1, -0.05) is 17.8 Å². The van der Waals surface area contributed by atoms with Gasteiger partial charge in [0.25, 0.3) is 5.76 Å². The molecule has 1 aromatic rings. The van der Waals surface area contributed by atoms with Crippen molar-refractivity contribution in [2.24, 2.45) is 0 Å². The van der Waals surface area contributed by atoms with Crippen molar-refractivity contribution in [3.05, 3.63) is 36.9 Å². The minimum absolute atomic E-state index is 0.134. The number of nitrogens with zero attached hydrogens (tertiary/aromatic N) is 2. The Morgan fingerprint density at radius 1 is 1.16 bits per heavy atom. The number of halogens is 2. The Hall–Kier alpha value is -2.75. The SMILES string of the molecule is C=CCN1C(=O)C(=O)N(CC(=O)Nc2ccc(SC(F)F)cc2)C1=O. The molecule has 0 saturated carbocycles. The minimum atomic E-state index is -2.55. The lowest BCUT2D eigenvalue weighted by molar-refractivity contribution is -0.143. The number of amides is 5. The third kappa shape index (κ3) is 4.41. The Bertz CT molecular complexity index is 724. The van der Waals surface area contributed by atoms with Crippen LogP contribution in [0.3, 0.4) is 0 Å².